The lowest BCUT2D eigenvalue weighted by molar-refractivity contribution is 0.273. The summed E-state index contributed by atoms with van der Waals surface area (Å²) in [6.45, 7) is -2.67. The van der Waals surface area contributed by atoms with Gasteiger partial charge in [0.05, 0.1) is 0 Å². The zero-order valence-corrected chi connectivity index (χ0v) is 11.3. The fourth-order valence-corrected chi connectivity index (χ4v) is 2.21. The summed E-state index contributed by atoms with van der Waals surface area (Å²) in [5.74, 6) is 0.564. The number of nitrogens with zero attached hydrogens (tertiary/aromatic N) is 1. The second kappa shape index (κ2) is 6.24. The molecule has 16 heavy (non-hydrogen) atoms. The smallest absolute Gasteiger partial charge is 0.380 e. The van der Waals surface area contributed by atoms with Gasteiger partial charge in [-0.25, -0.2) is 0 Å². The summed E-state index contributed by atoms with van der Waals surface area (Å²) in [6.07, 6.45) is 0. The standard InChI is InChI=1S/C9H10NO3PS2/c1-11-14(15,12-2)13-8-3-5-9(6-4-8)16-7-10/h3-6H,1-2H3. The highest BCUT2D eigenvalue weighted by molar-refractivity contribution is 8.07. The molecule has 0 amide bonds. The molecule has 1 aromatic carbocycles. The molecule has 0 aromatic heterocycles. The average Bonchev–Trinajstić information content (AvgIpc) is 2.32. The molecule has 0 N–H and O–H groups in total. The Kier molecular flexibility index (Phi) is 5.26. The van der Waals surface area contributed by atoms with Gasteiger partial charge in [-0.3, -0.25) is 0 Å². The van der Waals surface area contributed by atoms with E-state index in [1.54, 1.807) is 24.3 Å². The van der Waals surface area contributed by atoms with Gasteiger partial charge in [0.2, 0.25) is 0 Å². The summed E-state index contributed by atoms with van der Waals surface area (Å²) >= 11 is 6.14. The number of thiocyanates is 1. The van der Waals surface area contributed by atoms with E-state index in [4.69, 9.17) is 30.6 Å². The highest BCUT2D eigenvalue weighted by Gasteiger charge is 2.17. The Morgan fingerprint density at radius 1 is 1.25 bits per heavy atom. The van der Waals surface area contributed by atoms with Crippen molar-refractivity contribution in [3.8, 4) is 11.2 Å². The van der Waals surface area contributed by atoms with Crippen molar-refractivity contribution in [2.75, 3.05) is 14.2 Å². The molecule has 4 nitrogen and oxygen atoms in total. The molecule has 1 rings (SSSR count). The second-order valence-electron chi connectivity index (χ2n) is 2.57. The first-order chi connectivity index (χ1) is 7.63. The van der Waals surface area contributed by atoms with E-state index in [1.165, 1.54) is 14.2 Å². The van der Waals surface area contributed by atoms with E-state index in [1.807, 2.05) is 5.40 Å². The lowest BCUT2D eigenvalue weighted by atomic mass is 10.3. The summed E-state index contributed by atoms with van der Waals surface area (Å²) in [6, 6.07) is 6.99. The first kappa shape index (κ1) is 13.5. The molecule has 86 valence electrons. The van der Waals surface area contributed by atoms with Crippen LogP contribution in [0.15, 0.2) is 29.2 Å². The van der Waals surface area contributed by atoms with Crippen LogP contribution in [0.2, 0.25) is 0 Å². The van der Waals surface area contributed by atoms with Gasteiger partial charge in [-0.05, 0) is 36.0 Å². The minimum Gasteiger partial charge on any atom is -0.424 e. The maximum absolute atomic E-state index is 8.48. The molecule has 0 saturated heterocycles. The number of nitriles is 1. The summed E-state index contributed by atoms with van der Waals surface area (Å²) in [4.78, 5) is 0.845. The normalized spacial score (nSPS) is 10.8. The van der Waals surface area contributed by atoms with E-state index in [-0.39, 0.29) is 0 Å². The van der Waals surface area contributed by atoms with Gasteiger partial charge in [0, 0.05) is 30.9 Å². The van der Waals surface area contributed by atoms with Crippen LogP contribution < -0.4 is 4.52 Å². The molecular formula is C9H10NO3PS2. The summed E-state index contributed by atoms with van der Waals surface area (Å²) in [5.41, 5.74) is 0. The largest absolute Gasteiger partial charge is 0.424 e. The molecule has 0 spiro atoms. The number of rotatable bonds is 5. The predicted octanol–water partition coefficient (Wildman–Crippen LogP) is 3.16. The van der Waals surface area contributed by atoms with E-state index in [9.17, 15) is 0 Å². The summed E-state index contributed by atoms with van der Waals surface area (Å²) in [5, 5.41) is 10.5. The number of hydrogen-bond acceptors (Lipinski definition) is 6. The lowest BCUT2D eigenvalue weighted by Gasteiger charge is -2.18. The molecule has 0 heterocycles. The van der Waals surface area contributed by atoms with Crippen molar-refractivity contribution in [1.82, 2.24) is 0 Å². The lowest BCUT2D eigenvalue weighted by Crippen LogP contribution is -1.96. The molecule has 0 saturated carbocycles. The Morgan fingerprint density at radius 2 is 1.81 bits per heavy atom. The Bertz CT molecular complexity index is 421. The van der Waals surface area contributed by atoms with Crippen LogP contribution in [0.4, 0.5) is 0 Å². The van der Waals surface area contributed by atoms with Crippen LogP contribution >= 0.6 is 18.5 Å². The van der Waals surface area contributed by atoms with Crippen LogP contribution in [0, 0.1) is 10.7 Å². The van der Waals surface area contributed by atoms with Crippen LogP contribution in [0.5, 0.6) is 5.75 Å². The van der Waals surface area contributed by atoms with Crippen LogP contribution in [0.3, 0.4) is 0 Å². The summed E-state index contributed by atoms with van der Waals surface area (Å²) < 4.78 is 15.4. The Balaban J connectivity index is 2.76. The molecule has 0 unspecified atom stereocenters. The van der Waals surface area contributed by atoms with Crippen LogP contribution in [0.25, 0.3) is 0 Å². The maximum Gasteiger partial charge on any atom is 0.380 e. The first-order valence-corrected chi connectivity index (χ1v) is 7.58. The quantitative estimate of drug-likeness (QED) is 0.467. The van der Waals surface area contributed by atoms with Crippen molar-refractivity contribution in [3.05, 3.63) is 24.3 Å². The zero-order valence-electron chi connectivity index (χ0n) is 8.75. The number of thioether (sulfide) groups is 1. The summed E-state index contributed by atoms with van der Waals surface area (Å²) in [7, 11) is 2.90. The van der Waals surface area contributed by atoms with Gasteiger partial charge in [-0.15, -0.1) is 0 Å². The molecule has 0 aliphatic heterocycles. The molecule has 1 aromatic rings. The van der Waals surface area contributed by atoms with Crippen molar-refractivity contribution < 1.29 is 13.6 Å². The highest BCUT2D eigenvalue weighted by Crippen LogP contribution is 2.48. The van der Waals surface area contributed by atoms with Crippen LogP contribution in [-0.4, -0.2) is 14.2 Å². The van der Waals surface area contributed by atoms with Gasteiger partial charge in [-0.2, -0.15) is 5.26 Å². The molecular weight excluding hydrogens is 265 g/mol. The van der Waals surface area contributed by atoms with Gasteiger partial charge in [0.1, 0.15) is 11.2 Å². The molecule has 0 radical (unpaired) electrons. The second-order valence-corrected chi connectivity index (χ2v) is 6.58. The first-order valence-electron chi connectivity index (χ1n) is 4.20. The fraction of sp³-hybridized carbons (Fsp3) is 0.222. The third-order valence-electron chi connectivity index (χ3n) is 1.65. The Hall–Kier alpha value is -0.570. The van der Waals surface area contributed by atoms with Crippen molar-refractivity contribution >= 4 is 30.3 Å². The predicted molar refractivity (Wildman–Crippen MR) is 66.8 cm³/mol. The van der Waals surface area contributed by atoms with Crippen molar-refractivity contribution in [2.45, 2.75) is 4.90 Å². The van der Waals surface area contributed by atoms with E-state index in [0.29, 0.717) is 5.75 Å². The van der Waals surface area contributed by atoms with Gasteiger partial charge < -0.3 is 13.6 Å². The Morgan fingerprint density at radius 3 is 2.25 bits per heavy atom. The SMILES string of the molecule is COP(=S)(OC)Oc1ccc(SC#N)cc1. The third-order valence-corrected chi connectivity index (χ3v) is 4.70. The number of hydrogen-bond donors (Lipinski definition) is 0. The van der Waals surface area contributed by atoms with Gasteiger partial charge in [0.15, 0.2) is 0 Å². The molecule has 0 fully saturated rings. The maximum atomic E-state index is 8.48. The molecule has 0 aliphatic carbocycles. The van der Waals surface area contributed by atoms with Gasteiger partial charge in [0.25, 0.3) is 0 Å². The topological polar surface area (TPSA) is 51.5 Å². The molecule has 0 aliphatic rings. The van der Waals surface area contributed by atoms with E-state index >= 15 is 0 Å². The Labute approximate surface area is 104 Å². The average molecular weight is 275 g/mol. The highest BCUT2D eigenvalue weighted by atomic mass is 32.5. The van der Waals surface area contributed by atoms with Gasteiger partial charge >= 0.3 is 6.72 Å². The minimum absolute atomic E-state index is 0.564. The van der Waals surface area contributed by atoms with Crippen LogP contribution in [-0.2, 0) is 20.9 Å². The minimum atomic E-state index is -2.67. The van der Waals surface area contributed by atoms with E-state index in [2.05, 4.69) is 0 Å². The molecule has 0 atom stereocenters. The zero-order chi connectivity index (χ0) is 12.0. The number of benzene rings is 1. The monoisotopic (exact) mass is 275 g/mol. The van der Waals surface area contributed by atoms with Gasteiger partial charge in [-0.1, -0.05) is 0 Å². The van der Waals surface area contributed by atoms with Crippen molar-refractivity contribution in [3.63, 3.8) is 0 Å². The van der Waals surface area contributed by atoms with E-state index < -0.39 is 6.72 Å². The van der Waals surface area contributed by atoms with Crippen molar-refractivity contribution in [2.24, 2.45) is 0 Å². The molecule has 7 heteroatoms. The van der Waals surface area contributed by atoms with Crippen LogP contribution in [0.1, 0.15) is 0 Å². The fourth-order valence-electron chi connectivity index (χ4n) is 0.899. The van der Waals surface area contributed by atoms with Crippen molar-refractivity contribution in [1.29, 1.82) is 5.26 Å². The van der Waals surface area contributed by atoms with E-state index in [0.717, 1.165) is 16.7 Å². The molecule has 0 bridgehead atoms. The third kappa shape index (κ3) is 3.78.